The Labute approximate surface area is 93.9 Å². The molecule has 1 amide bonds. The van der Waals surface area contributed by atoms with Crippen LogP contribution in [0, 0.1) is 0 Å². The minimum absolute atomic E-state index is 0.0674. The van der Waals surface area contributed by atoms with Crippen molar-refractivity contribution in [2.75, 3.05) is 5.32 Å². The number of nitrogens with one attached hydrogen (secondary N) is 1. The van der Waals surface area contributed by atoms with Crippen LogP contribution in [0.15, 0.2) is 36.5 Å². The number of aryl methyl sites for hydroxylation is 1. The maximum absolute atomic E-state index is 10.9. The van der Waals surface area contributed by atoms with Crippen molar-refractivity contribution in [1.29, 1.82) is 0 Å². The largest absolute Gasteiger partial charge is 0.326 e. The van der Waals surface area contributed by atoms with E-state index >= 15 is 0 Å². The van der Waals surface area contributed by atoms with E-state index in [1.165, 1.54) is 6.92 Å². The molecule has 0 aliphatic carbocycles. The molecule has 0 spiro atoms. The van der Waals surface area contributed by atoms with Gasteiger partial charge in [-0.25, -0.2) is 0 Å². The van der Waals surface area contributed by atoms with Crippen LogP contribution in [-0.2, 0) is 11.8 Å². The Morgan fingerprint density at radius 3 is 2.81 bits per heavy atom. The van der Waals surface area contributed by atoms with E-state index in [1.54, 1.807) is 10.9 Å². The summed E-state index contributed by atoms with van der Waals surface area (Å²) in [5, 5.41) is 6.87. The highest BCUT2D eigenvalue weighted by atomic mass is 16.1. The number of anilines is 1. The van der Waals surface area contributed by atoms with Gasteiger partial charge in [0.25, 0.3) is 0 Å². The van der Waals surface area contributed by atoms with Crippen LogP contribution in [0.25, 0.3) is 11.3 Å². The van der Waals surface area contributed by atoms with E-state index in [-0.39, 0.29) is 5.91 Å². The third kappa shape index (κ3) is 2.11. The van der Waals surface area contributed by atoms with Crippen LogP contribution >= 0.6 is 0 Å². The third-order valence-corrected chi connectivity index (χ3v) is 2.30. The zero-order valence-corrected chi connectivity index (χ0v) is 9.27. The van der Waals surface area contributed by atoms with E-state index < -0.39 is 0 Å². The Morgan fingerprint density at radius 2 is 2.19 bits per heavy atom. The Balaban J connectivity index is 2.36. The zero-order chi connectivity index (χ0) is 11.5. The second kappa shape index (κ2) is 4.18. The van der Waals surface area contributed by atoms with Gasteiger partial charge in [-0.05, 0) is 18.2 Å². The fraction of sp³-hybridized carbons (Fsp3) is 0.167. The van der Waals surface area contributed by atoms with Crippen molar-refractivity contribution in [1.82, 2.24) is 9.78 Å². The summed E-state index contributed by atoms with van der Waals surface area (Å²) in [5.41, 5.74) is 2.85. The lowest BCUT2D eigenvalue weighted by Gasteiger charge is -2.05. The fourth-order valence-electron chi connectivity index (χ4n) is 1.62. The molecule has 1 N–H and O–H groups in total. The van der Waals surface area contributed by atoms with Crippen LogP contribution in [0.1, 0.15) is 6.92 Å². The standard InChI is InChI=1S/C12H13N3O/c1-9(16)14-11-5-3-4-10(8-11)12-6-7-13-15(12)2/h3-8H,1-2H3,(H,14,16). The zero-order valence-electron chi connectivity index (χ0n) is 9.27. The maximum atomic E-state index is 10.9. The quantitative estimate of drug-likeness (QED) is 0.833. The first-order chi connectivity index (χ1) is 7.66. The van der Waals surface area contributed by atoms with Gasteiger partial charge in [0.15, 0.2) is 0 Å². The van der Waals surface area contributed by atoms with Gasteiger partial charge in [-0.15, -0.1) is 0 Å². The van der Waals surface area contributed by atoms with Crippen molar-refractivity contribution < 1.29 is 4.79 Å². The summed E-state index contributed by atoms with van der Waals surface area (Å²) in [6, 6.07) is 9.63. The minimum atomic E-state index is -0.0674. The van der Waals surface area contributed by atoms with E-state index in [4.69, 9.17) is 0 Å². The number of amides is 1. The maximum Gasteiger partial charge on any atom is 0.221 e. The molecule has 1 aromatic carbocycles. The number of hydrogen-bond acceptors (Lipinski definition) is 2. The minimum Gasteiger partial charge on any atom is -0.326 e. The SMILES string of the molecule is CC(=O)Nc1cccc(-c2ccnn2C)c1. The first-order valence-corrected chi connectivity index (χ1v) is 5.03. The summed E-state index contributed by atoms with van der Waals surface area (Å²) < 4.78 is 1.80. The third-order valence-electron chi connectivity index (χ3n) is 2.30. The first-order valence-electron chi connectivity index (χ1n) is 5.03. The molecule has 0 atom stereocenters. The average molecular weight is 215 g/mol. The Bertz CT molecular complexity index is 516. The average Bonchev–Trinajstić information content (AvgIpc) is 2.64. The lowest BCUT2D eigenvalue weighted by Crippen LogP contribution is -2.05. The van der Waals surface area contributed by atoms with Gasteiger partial charge in [-0.1, -0.05) is 12.1 Å². The van der Waals surface area contributed by atoms with Gasteiger partial charge in [0.05, 0.1) is 5.69 Å². The van der Waals surface area contributed by atoms with Crippen LogP contribution in [-0.4, -0.2) is 15.7 Å². The van der Waals surface area contributed by atoms with Gasteiger partial charge in [0.2, 0.25) is 5.91 Å². The van der Waals surface area contributed by atoms with E-state index in [0.29, 0.717) is 0 Å². The van der Waals surface area contributed by atoms with Crippen LogP contribution in [0.3, 0.4) is 0 Å². The van der Waals surface area contributed by atoms with Crippen LogP contribution < -0.4 is 5.32 Å². The molecule has 1 aromatic heterocycles. The highest BCUT2D eigenvalue weighted by Gasteiger charge is 2.03. The van der Waals surface area contributed by atoms with Crippen LogP contribution in [0.2, 0.25) is 0 Å². The topological polar surface area (TPSA) is 46.9 Å². The van der Waals surface area contributed by atoms with Crippen LogP contribution in [0.4, 0.5) is 5.69 Å². The molecule has 0 fully saturated rings. The van der Waals surface area contributed by atoms with Gasteiger partial charge in [-0.3, -0.25) is 9.48 Å². The number of aromatic nitrogens is 2. The van der Waals surface area contributed by atoms with Crippen LogP contribution in [0.5, 0.6) is 0 Å². The Morgan fingerprint density at radius 1 is 1.38 bits per heavy atom. The Hall–Kier alpha value is -2.10. The summed E-state index contributed by atoms with van der Waals surface area (Å²) in [5.74, 6) is -0.0674. The normalized spacial score (nSPS) is 10.1. The highest BCUT2D eigenvalue weighted by molar-refractivity contribution is 5.89. The highest BCUT2D eigenvalue weighted by Crippen LogP contribution is 2.21. The molecule has 2 rings (SSSR count). The summed E-state index contributed by atoms with van der Waals surface area (Å²) in [6.45, 7) is 1.50. The molecule has 2 aromatic rings. The molecule has 0 radical (unpaired) electrons. The van der Waals surface area contributed by atoms with Crippen molar-refractivity contribution in [3.05, 3.63) is 36.5 Å². The summed E-state index contributed by atoms with van der Waals surface area (Å²) in [7, 11) is 1.89. The number of nitrogens with zero attached hydrogens (tertiary/aromatic N) is 2. The molecule has 0 unspecified atom stereocenters. The number of benzene rings is 1. The van der Waals surface area contributed by atoms with Gasteiger partial charge in [0.1, 0.15) is 0 Å². The lowest BCUT2D eigenvalue weighted by molar-refractivity contribution is -0.114. The van der Waals surface area contributed by atoms with E-state index in [1.807, 2.05) is 37.4 Å². The van der Waals surface area contributed by atoms with Gasteiger partial charge in [0, 0.05) is 31.4 Å². The van der Waals surface area contributed by atoms with Crippen molar-refractivity contribution in [3.8, 4) is 11.3 Å². The second-order valence-corrected chi connectivity index (χ2v) is 3.60. The van der Waals surface area contributed by atoms with Gasteiger partial charge >= 0.3 is 0 Å². The second-order valence-electron chi connectivity index (χ2n) is 3.60. The first kappa shape index (κ1) is 10.4. The molecule has 0 bridgehead atoms. The molecule has 0 saturated heterocycles. The summed E-state index contributed by atoms with van der Waals surface area (Å²) >= 11 is 0. The number of carbonyl (C=O) groups is 1. The number of hydrogen-bond donors (Lipinski definition) is 1. The van der Waals surface area contributed by atoms with Crippen molar-refractivity contribution in [2.24, 2.45) is 7.05 Å². The molecule has 1 heterocycles. The van der Waals surface area contributed by atoms with E-state index in [2.05, 4.69) is 10.4 Å². The molecule has 4 heteroatoms. The predicted molar refractivity (Wildman–Crippen MR) is 62.9 cm³/mol. The van der Waals surface area contributed by atoms with Crippen molar-refractivity contribution >= 4 is 11.6 Å². The molecule has 0 aliphatic heterocycles. The molecular weight excluding hydrogens is 202 g/mol. The fourth-order valence-corrected chi connectivity index (χ4v) is 1.62. The lowest BCUT2D eigenvalue weighted by atomic mass is 10.1. The van der Waals surface area contributed by atoms with E-state index in [9.17, 15) is 4.79 Å². The van der Waals surface area contributed by atoms with Gasteiger partial charge < -0.3 is 5.32 Å². The Kier molecular flexibility index (Phi) is 2.72. The van der Waals surface area contributed by atoms with E-state index in [0.717, 1.165) is 16.9 Å². The van der Waals surface area contributed by atoms with Gasteiger partial charge in [-0.2, -0.15) is 5.10 Å². The summed E-state index contributed by atoms with van der Waals surface area (Å²) in [4.78, 5) is 10.9. The monoisotopic (exact) mass is 215 g/mol. The molecule has 0 saturated carbocycles. The number of carbonyl (C=O) groups excluding carboxylic acids is 1. The van der Waals surface area contributed by atoms with Crippen molar-refractivity contribution in [2.45, 2.75) is 6.92 Å². The van der Waals surface area contributed by atoms with Crippen molar-refractivity contribution in [3.63, 3.8) is 0 Å². The smallest absolute Gasteiger partial charge is 0.221 e. The summed E-state index contributed by atoms with van der Waals surface area (Å²) in [6.07, 6.45) is 1.75. The molecule has 82 valence electrons. The molecule has 4 nitrogen and oxygen atoms in total. The predicted octanol–water partition coefficient (Wildman–Crippen LogP) is 2.05. The molecule has 16 heavy (non-hydrogen) atoms. The molecular formula is C12H13N3O. The number of rotatable bonds is 2. The molecule has 0 aliphatic rings.